The van der Waals surface area contributed by atoms with E-state index in [1.807, 2.05) is 13.0 Å². The smallest absolute Gasteiger partial charge is 0.292 e. The van der Waals surface area contributed by atoms with Crippen molar-refractivity contribution in [1.29, 1.82) is 0 Å². The minimum atomic E-state index is -0.404. The fraction of sp³-hybridized carbons (Fsp3) is 0.182. The van der Waals surface area contributed by atoms with Crippen LogP contribution in [0.3, 0.4) is 0 Å². The molecule has 1 aromatic carbocycles. The van der Waals surface area contributed by atoms with Crippen LogP contribution < -0.4 is 5.32 Å². The first-order valence-electron chi connectivity index (χ1n) is 5.08. The lowest BCUT2D eigenvalue weighted by Crippen LogP contribution is -2.00. The number of para-hydroxylation sites is 1. The van der Waals surface area contributed by atoms with Gasteiger partial charge in [0, 0.05) is 25.4 Å². The van der Waals surface area contributed by atoms with Crippen LogP contribution in [-0.2, 0) is 7.05 Å². The van der Waals surface area contributed by atoms with Gasteiger partial charge in [0.2, 0.25) is 0 Å². The maximum absolute atomic E-state index is 10.9. The molecule has 17 heavy (non-hydrogen) atoms. The summed E-state index contributed by atoms with van der Waals surface area (Å²) in [5.74, 6) is 0.588. The van der Waals surface area contributed by atoms with Crippen molar-refractivity contribution < 1.29 is 4.92 Å². The van der Waals surface area contributed by atoms with Crippen molar-refractivity contribution in [3.8, 4) is 0 Å². The van der Waals surface area contributed by atoms with E-state index in [4.69, 9.17) is 0 Å². The van der Waals surface area contributed by atoms with Crippen LogP contribution in [-0.4, -0.2) is 14.7 Å². The zero-order chi connectivity index (χ0) is 12.4. The topological polar surface area (TPSA) is 73.0 Å². The largest absolute Gasteiger partial charge is 0.333 e. The quantitative estimate of drug-likeness (QED) is 0.651. The lowest BCUT2D eigenvalue weighted by Gasteiger charge is -2.07. The number of nitro groups is 1. The second kappa shape index (κ2) is 4.25. The minimum absolute atomic E-state index is 0.0515. The Morgan fingerprint density at radius 1 is 1.41 bits per heavy atom. The van der Waals surface area contributed by atoms with Crippen LogP contribution in [0.1, 0.15) is 5.56 Å². The summed E-state index contributed by atoms with van der Waals surface area (Å²) in [4.78, 5) is 10.5. The maximum atomic E-state index is 10.9. The lowest BCUT2D eigenvalue weighted by atomic mass is 10.1. The summed E-state index contributed by atoms with van der Waals surface area (Å²) in [6.07, 6.45) is 1.77. The van der Waals surface area contributed by atoms with Crippen LogP contribution in [0.4, 0.5) is 17.2 Å². The number of rotatable bonds is 3. The summed E-state index contributed by atoms with van der Waals surface area (Å²) in [6.45, 7) is 1.82. The van der Waals surface area contributed by atoms with Crippen molar-refractivity contribution >= 4 is 17.2 Å². The van der Waals surface area contributed by atoms with Gasteiger partial charge in [-0.1, -0.05) is 12.1 Å². The predicted octanol–water partition coefficient (Wildman–Crippen LogP) is 2.38. The zero-order valence-electron chi connectivity index (χ0n) is 9.54. The van der Waals surface area contributed by atoms with Crippen molar-refractivity contribution in [1.82, 2.24) is 9.78 Å². The molecule has 0 radical (unpaired) electrons. The third-order valence-corrected chi connectivity index (χ3v) is 2.41. The van der Waals surface area contributed by atoms with Gasteiger partial charge in [-0.15, -0.1) is 0 Å². The Bertz CT molecular complexity index is 562. The molecule has 0 spiro atoms. The highest BCUT2D eigenvalue weighted by Crippen LogP contribution is 2.29. The van der Waals surface area contributed by atoms with Gasteiger partial charge in [0.25, 0.3) is 5.69 Å². The van der Waals surface area contributed by atoms with E-state index in [9.17, 15) is 10.1 Å². The standard InChI is InChI=1S/C11H12N4O2/c1-8-4-3-5-9(15(16)17)11(8)12-10-6-7-14(2)13-10/h3-7H,1-2H3,(H,12,13). The molecule has 2 rings (SSSR count). The monoisotopic (exact) mass is 232 g/mol. The van der Waals surface area contributed by atoms with Gasteiger partial charge in [0.05, 0.1) is 4.92 Å². The Labute approximate surface area is 98.0 Å². The fourth-order valence-corrected chi connectivity index (χ4v) is 1.58. The number of hydrogen-bond donors (Lipinski definition) is 1. The molecule has 0 atom stereocenters. The number of nitrogens with zero attached hydrogens (tertiary/aromatic N) is 3. The molecule has 1 N–H and O–H groups in total. The molecule has 0 aliphatic carbocycles. The van der Waals surface area contributed by atoms with E-state index < -0.39 is 4.92 Å². The van der Waals surface area contributed by atoms with E-state index in [1.54, 1.807) is 30.1 Å². The van der Waals surface area contributed by atoms with E-state index in [0.717, 1.165) is 5.56 Å². The molecular formula is C11H12N4O2. The molecule has 0 saturated heterocycles. The van der Waals surface area contributed by atoms with Gasteiger partial charge in [-0.05, 0) is 12.5 Å². The molecule has 0 unspecified atom stereocenters. The molecule has 0 bridgehead atoms. The van der Waals surface area contributed by atoms with Gasteiger partial charge in [-0.25, -0.2) is 0 Å². The highest BCUT2D eigenvalue weighted by atomic mass is 16.6. The molecule has 0 aliphatic heterocycles. The number of nitrogens with one attached hydrogen (secondary N) is 1. The molecule has 1 aromatic heterocycles. The Morgan fingerprint density at radius 3 is 2.76 bits per heavy atom. The number of hydrogen-bond acceptors (Lipinski definition) is 4. The summed E-state index contributed by atoms with van der Waals surface area (Å²) in [5, 5.41) is 18.0. The van der Waals surface area contributed by atoms with E-state index in [-0.39, 0.29) is 5.69 Å². The number of aromatic nitrogens is 2. The van der Waals surface area contributed by atoms with E-state index in [1.165, 1.54) is 6.07 Å². The van der Waals surface area contributed by atoms with Crippen molar-refractivity contribution in [3.05, 3.63) is 46.1 Å². The van der Waals surface area contributed by atoms with Crippen molar-refractivity contribution in [3.63, 3.8) is 0 Å². The van der Waals surface area contributed by atoms with Crippen molar-refractivity contribution in [2.75, 3.05) is 5.32 Å². The summed E-state index contributed by atoms with van der Waals surface area (Å²) in [6, 6.07) is 6.71. The molecule has 6 nitrogen and oxygen atoms in total. The Balaban J connectivity index is 2.40. The molecule has 0 aliphatic rings. The second-order valence-electron chi connectivity index (χ2n) is 3.73. The molecule has 1 heterocycles. The summed E-state index contributed by atoms with van der Waals surface area (Å²) in [7, 11) is 1.79. The molecule has 0 fully saturated rings. The Hall–Kier alpha value is -2.37. The van der Waals surface area contributed by atoms with Gasteiger partial charge in [0.15, 0.2) is 5.82 Å². The first kappa shape index (κ1) is 11.1. The average Bonchev–Trinajstić information content (AvgIpc) is 2.67. The van der Waals surface area contributed by atoms with Crippen LogP contribution in [0.5, 0.6) is 0 Å². The van der Waals surface area contributed by atoms with Gasteiger partial charge in [-0.3, -0.25) is 14.8 Å². The zero-order valence-corrected chi connectivity index (χ0v) is 9.54. The highest BCUT2D eigenvalue weighted by molar-refractivity contribution is 5.71. The van der Waals surface area contributed by atoms with E-state index in [2.05, 4.69) is 10.4 Å². The molecular weight excluding hydrogens is 220 g/mol. The minimum Gasteiger partial charge on any atom is -0.333 e. The van der Waals surface area contributed by atoms with Crippen LogP contribution in [0, 0.1) is 17.0 Å². The van der Waals surface area contributed by atoms with Crippen molar-refractivity contribution in [2.24, 2.45) is 7.05 Å². The van der Waals surface area contributed by atoms with Gasteiger partial charge in [0.1, 0.15) is 5.69 Å². The van der Waals surface area contributed by atoms with Gasteiger partial charge < -0.3 is 5.32 Å². The average molecular weight is 232 g/mol. The maximum Gasteiger partial charge on any atom is 0.292 e. The molecule has 6 heteroatoms. The van der Waals surface area contributed by atoms with Crippen LogP contribution in [0.15, 0.2) is 30.5 Å². The molecule has 88 valence electrons. The highest BCUT2D eigenvalue weighted by Gasteiger charge is 2.15. The van der Waals surface area contributed by atoms with Gasteiger partial charge in [-0.2, -0.15) is 5.10 Å². The Kier molecular flexibility index (Phi) is 2.78. The number of benzene rings is 1. The summed E-state index contributed by atoms with van der Waals surface area (Å²) < 4.78 is 1.63. The molecule has 2 aromatic rings. The number of aryl methyl sites for hydroxylation is 2. The van der Waals surface area contributed by atoms with E-state index in [0.29, 0.717) is 11.5 Å². The Morgan fingerprint density at radius 2 is 2.18 bits per heavy atom. The third kappa shape index (κ3) is 2.25. The van der Waals surface area contributed by atoms with Crippen LogP contribution in [0.25, 0.3) is 0 Å². The van der Waals surface area contributed by atoms with Gasteiger partial charge >= 0.3 is 0 Å². The third-order valence-electron chi connectivity index (χ3n) is 2.41. The molecule has 0 saturated carbocycles. The second-order valence-corrected chi connectivity index (χ2v) is 3.73. The summed E-state index contributed by atoms with van der Waals surface area (Å²) >= 11 is 0. The number of anilines is 2. The van der Waals surface area contributed by atoms with Crippen LogP contribution in [0.2, 0.25) is 0 Å². The number of nitro benzene ring substituents is 1. The first-order valence-corrected chi connectivity index (χ1v) is 5.08. The van der Waals surface area contributed by atoms with Crippen molar-refractivity contribution in [2.45, 2.75) is 6.92 Å². The first-order chi connectivity index (χ1) is 8.08. The van der Waals surface area contributed by atoms with Crippen LogP contribution >= 0.6 is 0 Å². The SMILES string of the molecule is Cc1cccc([N+](=O)[O-])c1Nc1ccn(C)n1. The lowest BCUT2D eigenvalue weighted by molar-refractivity contribution is -0.384. The predicted molar refractivity (Wildman–Crippen MR) is 64.3 cm³/mol. The van der Waals surface area contributed by atoms with E-state index >= 15 is 0 Å². The molecule has 0 amide bonds. The fourth-order valence-electron chi connectivity index (χ4n) is 1.58. The summed E-state index contributed by atoms with van der Waals surface area (Å²) in [5.41, 5.74) is 1.34. The normalized spacial score (nSPS) is 10.2.